The van der Waals surface area contributed by atoms with E-state index in [1.54, 1.807) is 19.1 Å². The Morgan fingerprint density at radius 1 is 1.22 bits per heavy atom. The van der Waals surface area contributed by atoms with E-state index >= 15 is 0 Å². The fourth-order valence-corrected chi connectivity index (χ4v) is 3.53. The van der Waals surface area contributed by atoms with E-state index in [2.05, 4.69) is 5.32 Å². The van der Waals surface area contributed by atoms with Gasteiger partial charge in [0.2, 0.25) is 6.79 Å². The number of nitrogens with one attached hydrogen (secondary N) is 1. The molecule has 140 valence electrons. The lowest BCUT2D eigenvalue weighted by atomic mass is 9.92. The fourth-order valence-electron chi connectivity index (χ4n) is 3.31. The number of carbonyl (C=O) groups excluding carboxylic acids is 2. The van der Waals surface area contributed by atoms with Crippen LogP contribution in [-0.2, 0) is 17.8 Å². The van der Waals surface area contributed by atoms with E-state index in [-0.39, 0.29) is 30.3 Å². The highest BCUT2D eigenvalue weighted by molar-refractivity contribution is 6.31. The summed E-state index contributed by atoms with van der Waals surface area (Å²) in [5.74, 6) is 0.237. The van der Waals surface area contributed by atoms with Crippen molar-refractivity contribution in [3.05, 3.63) is 58.4 Å². The van der Waals surface area contributed by atoms with E-state index in [9.17, 15) is 14.0 Å². The molecule has 8 heteroatoms. The van der Waals surface area contributed by atoms with Crippen LogP contribution in [0.25, 0.3) is 0 Å². The van der Waals surface area contributed by atoms with Crippen molar-refractivity contribution >= 4 is 23.5 Å². The number of amides is 3. The predicted octanol–water partition coefficient (Wildman–Crippen LogP) is 3.26. The van der Waals surface area contributed by atoms with Gasteiger partial charge in [0.25, 0.3) is 5.91 Å². The average molecular weight is 391 g/mol. The zero-order valence-corrected chi connectivity index (χ0v) is 15.2. The Labute approximate surface area is 159 Å². The third kappa shape index (κ3) is 3.08. The Morgan fingerprint density at radius 3 is 2.78 bits per heavy atom. The topological polar surface area (TPSA) is 67.9 Å². The highest BCUT2D eigenvalue weighted by Crippen LogP contribution is 2.34. The maximum Gasteiger partial charge on any atom is 0.325 e. The van der Waals surface area contributed by atoms with Gasteiger partial charge in [-0.15, -0.1) is 0 Å². The van der Waals surface area contributed by atoms with Gasteiger partial charge in [-0.3, -0.25) is 9.69 Å². The molecule has 1 N–H and O–H groups in total. The molecule has 3 amide bonds. The molecule has 0 aliphatic carbocycles. The Morgan fingerprint density at radius 2 is 2.00 bits per heavy atom. The zero-order valence-electron chi connectivity index (χ0n) is 14.4. The lowest BCUT2D eigenvalue weighted by Gasteiger charge is -2.22. The SMILES string of the molecule is C[C@]1(Cc2ccc3c(c2)OCO3)NC(=O)N(Cc2c(F)cccc2Cl)C1=O. The number of imide groups is 1. The number of hydrogen-bond donors (Lipinski definition) is 1. The monoisotopic (exact) mass is 390 g/mol. The summed E-state index contributed by atoms with van der Waals surface area (Å²) < 4.78 is 24.7. The van der Waals surface area contributed by atoms with E-state index in [1.807, 2.05) is 6.07 Å². The third-order valence-electron chi connectivity index (χ3n) is 4.72. The van der Waals surface area contributed by atoms with Crippen LogP contribution in [0.2, 0.25) is 5.02 Å². The van der Waals surface area contributed by atoms with Gasteiger partial charge < -0.3 is 14.8 Å². The van der Waals surface area contributed by atoms with Crippen molar-refractivity contribution in [2.24, 2.45) is 0 Å². The molecule has 2 aromatic carbocycles. The molecule has 6 nitrogen and oxygen atoms in total. The number of nitrogens with zero attached hydrogens (tertiary/aromatic N) is 1. The van der Waals surface area contributed by atoms with Crippen molar-refractivity contribution in [2.45, 2.75) is 25.4 Å². The van der Waals surface area contributed by atoms with Crippen LogP contribution >= 0.6 is 11.6 Å². The van der Waals surface area contributed by atoms with Gasteiger partial charge in [-0.1, -0.05) is 23.7 Å². The molecule has 2 aliphatic heterocycles. The molecule has 1 saturated heterocycles. The molecule has 0 spiro atoms. The van der Waals surface area contributed by atoms with Crippen molar-refractivity contribution in [3.8, 4) is 11.5 Å². The summed E-state index contributed by atoms with van der Waals surface area (Å²) in [6.07, 6.45) is 0.260. The minimum atomic E-state index is -1.15. The van der Waals surface area contributed by atoms with Crippen LogP contribution in [0, 0.1) is 5.82 Å². The molecular weight excluding hydrogens is 375 g/mol. The fraction of sp³-hybridized carbons (Fsp3) is 0.263. The van der Waals surface area contributed by atoms with Gasteiger partial charge in [0.05, 0.1) is 6.54 Å². The van der Waals surface area contributed by atoms with Gasteiger partial charge in [0.15, 0.2) is 11.5 Å². The average Bonchev–Trinajstić information content (AvgIpc) is 3.15. The standard InChI is InChI=1S/C19H16ClFN2O4/c1-19(8-11-5-6-15-16(7-11)27-10-26-15)17(24)23(18(25)22-19)9-12-13(20)3-2-4-14(12)21/h2-7H,8-10H2,1H3,(H,22,25)/t19-/m1/s1. The summed E-state index contributed by atoms with van der Waals surface area (Å²) in [6, 6.07) is 9.01. The number of urea groups is 1. The van der Waals surface area contributed by atoms with Crippen LogP contribution in [0.5, 0.6) is 11.5 Å². The minimum absolute atomic E-state index is 0.106. The van der Waals surface area contributed by atoms with Gasteiger partial charge in [0.1, 0.15) is 11.4 Å². The molecule has 0 saturated carbocycles. The number of carbonyl (C=O) groups is 2. The molecule has 0 aromatic heterocycles. The third-order valence-corrected chi connectivity index (χ3v) is 5.07. The number of fused-ring (bicyclic) bond motifs is 1. The van der Waals surface area contributed by atoms with Crippen LogP contribution in [0.15, 0.2) is 36.4 Å². The molecule has 0 unspecified atom stereocenters. The van der Waals surface area contributed by atoms with Gasteiger partial charge in [0, 0.05) is 17.0 Å². The largest absolute Gasteiger partial charge is 0.454 e. The lowest BCUT2D eigenvalue weighted by Crippen LogP contribution is -2.45. The van der Waals surface area contributed by atoms with E-state index in [0.717, 1.165) is 10.5 Å². The Balaban J connectivity index is 1.56. The number of rotatable bonds is 4. The summed E-state index contributed by atoms with van der Waals surface area (Å²) >= 11 is 6.02. The van der Waals surface area contributed by atoms with E-state index in [4.69, 9.17) is 21.1 Å². The quantitative estimate of drug-likeness (QED) is 0.814. The first-order valence-electron chi connectivity index (χ1n) is 8.33. The van der Waals surface area contributed by atoms with Crippen molar-refractivity contribution in [1.82, 2.24) is 10.2 Å². The molecule has 0 radical (unpaired) electrons. The second-order valence-corrected chi connectivity index (χ2v) is 7.13. The highest BCUT2D eigenvalue weighted by atomic mass is 35.5. The first-order valence-corrected chi connectivity index (χ1v) is 8.71. The number of hydrogen-bond acceptors (Lipinski definition) is 4. The molecule has 2 heterocycles. The van der Waals surface area contributed by atoms with Crippen molar-refractivity contribution in [3.63, 3.8) is 0 Å². The molecular formula is C19H16ClFN2O4. The van der Waals surface area contributed by atoms with Crippen LogP contribution in [0.3, 0.4) is 0 Å². The molecule has 27 heavy (non-hydrogen) atoms. The van der Waals surface area contributed by atoms with Crippen LogP contribution < -0.4 is 14.8 Å². The molecule has 4 rings (SSSR count). The van der Waals surface area contributed by atoms with E-state index in [0.29, 0.717) is 11.5 Å². The molecule has 0 bridgehead atoms. The molecule has 2 aromatic rings. The van der Waals surface area contributed by atoms with Crippen LogP contribution in [0.1, 0.15) is 18.1 Å². The van der Waals surface area contributed by atoms with Gasteiger partial charge >= 0.3 is 6.03 Å². The summed E-state index contributed by atoms with van der Waals surface area (Å²) in [5.41, 5.74) is -0.237. The normalized spacial score (nSPS) is 20.9. The summed E-state index contributed by atoms with van der Waals surface area (Å²) in [4.78, 5) is 26.3. The van der Waals surface area contributed by atoms with Crippen molar-refractivity contribution in [1.29, 1.82) is 0 Å². The van der Waals surface area contributed by atoms with Gasteiger partial charge in [-0.05, 0) is 36.8 Å². The summed E-state index contributed by atoms with van der Waals surface area (Å²) in [7, 11) is 0. The number of halogens is 2. The van der Waals surface area contributed by atoms with E-state index in [1.165, 1.54) is 18.2 Å². The highest BCUT2D eigenvalue weighted by Gasteiger charge is 2.48. The smallest absolute Gasteiger partial charge is 0.325 e. The van der Waals surface area contributed by atoms with Gasteiger partial charge in [-0.25, -0.2) is 9.18 Å². The zero-order chi connectivity index (χ0) is 19.2. The number of benzene rings is 2. The minimum Gasteiger partial charge on any atom is -0.454 e. The van der Waals surface area contributed by atoms with Crippen LogP contribution in [-0.4, -0.2) is 29.2 Å². The summed E-state index contributed by atoms with van der Waals surface area (Å²) in [5, 5.41) is 2.87. The van der Waals surface area contributed by atoms with E-state index < -0.39 is 23.3 Å². The van der Waals surface area contributed by atoms with Crippen molar-refractivity contribution in [2.75, 3.05) is 6.79 Å². The Hall–Kier alpha value is -2.80. The van der Waals surface area contributed by atoms with Crippen LogP contribution in [0.4, 0.5) is 9.18 Å². The summed E-state index contributed by atoms with van der Waals surface area (Å²) in [6.45, 7) is 1.57. The second kappa shape index (κ2) is 6.42. The first kappa shape index (κ1) is 17.6. The first-order chi connectivity index (χ1) is 12.9. The Bertz CT molecular complexity index is 931. The predicted molar refractivity (Wildman–Crippen MR) is 95.2 cm³/mol. The van der Waals surface area contributed by atoms with Gasteiger partial charge in [-0.2, -0.15) is 0 Å². The van der Waals surface area contributed by atoms with Crippen molar-refractivity contribution < 1.29 is 23.5 Å². The molecule has 1 fully saturated rings. The molecule has 1 atom stereocenters. The number of ether oxygens (including phenoxy) is 2. The lowest BCUT2D eigenvalue weighted by molar-refractivity contribution is -0.131. The second-order valence-electron chi connectivity index (χ2n) is 6.72. The maximum absolute atomic E-state index is 14.0. The maximum atomic E-state index is 14.0. The molecule has 2 aliphatic rings. The Kier molecular flexibility index (Phi) is 4.19.